The van der Waals surface area contributed by atoms with E-state index in [1.807, 2.05) is 6.07 Å². The molecule has 1 aromatic heterocycles. The van der Waals surface area contributed by atoms with Gasteiger partial charge in [0.2, 0.25) is 11.2 Å². The molecule has 0 unspecified atom stereocenters. The van der Waals surface area contributed by atoms with Crippen molar-refractivity contribution in [3.8, 4) is 23.0 Å². The fourth-order valence-electron chi connectivity index (χ4n) is 2.95. The minimum absolute atomic E-state index is 0.0988. The molecule has 0 N–H and O–H groups in total. The van der Waals surface area contributed by atoms with Crippen LogP contribution in [0.5, 0.6) is 23.0 Å². The highest BCUT2D eigenvalue weighted by atomic mass is 16.5. The molecule has 0 spiro atoms. The van der Waals surface area contributed by atoms with Crippen molar-refractivity contribution in [3.63, 3.8) is 0 Å². The summed E-state index contributed by atoms with van der Waals surface area (Å²) in [6.07, 6.45) is 0. The zero-order valence-corrected chi connectivity index (χ0v) is 16.4. The van der Waals surface area contributed by atoms with Crippen molar-refractivity contribution < 1.29 is 23.4 Å². The van der Waals surface area contributed by atoms with Crippen LogP contribution in [-0.2, 0) is 0 Å². The van der Waals surface area contributed by atoms with Crippen LogP contribution in [0.4, 0.5) is 0 Å². The van der Waals surface area contributed by atoms with E-state index in [0.29, 0.717) is 33.8 Å². The molecule has 0 aliphatic rings. The largest absolute Gasteiger partial charge is 0.497 e. The maximum absolute atomic E-state index is 12.9. The van der Waals surface area contributed by atoms with Gasteiger partial charge in [-0.15, -0.1) is 0 Å². The Hall–Kier alpha value is -4.06. The minimum Gasteiger partial charge on any atom is -0.497 e. The molecule has 0 atom stereocenters. The minimum atomic E-state index is -0.492. The molecule has 0 aliphatic heterocycles. The molecule has 0 amide bonds. The van der Waals surface area contributed by atoms with Crippen LogP contribution in [0, 0.1) is 6.92 Å². The van der Waals surface area contributed by atoms with E-state index in [2.05, 4.69) is 0 Å². The molecule has 0 saturated carbocycles. The van der Waals surface area contributed by atoms with Crippen LogP contribution in [0.3, 0.4) is 0 Å². The Morgan fingerprint density at radius 1 is 0.867 bits per heavy atom. The molecule has 0 saturated heterocycles. The van der Waals surface area contributed by atoms with Gasteiger partial charge in [-0.05, 0) is 55.5 Å². The highest BCUT2D eigenvalue weighted by Crippen LogP contribution is 2.28. The van der Waals surface area contributed by atoms with Gasteiger partial charge in [0.05, 0.1) is 18.1 Å². The Bertz CT molecular complexity index is 1260. The summed E-state index contributed by atoms with van der Waals surface area (Å²) in [6, 6.07) is 20.1. The second kappa shape index (κ2) is 8.13. The van der Waals surface area contributed by atoms with E-state index in [4.69, 9.17) is 18.6 Å². The molecule has 30 heavy (non-hydrogen) atoms. The molecule has 0 radical (unpaired) electrons. The summed E-state index contributed by atoms with van der Waals surface area (Å²) in [5, 5.41) is 0.323. The van der Waals surface area contributed by atoms with Gasteiger partial charge in [-0.3, -0.25) is 4.79 Å². The SMILES string of the molecule is COc1ccc(Oc2c(C)oc3cc(OC(=O)c4ccccc4)ccc3c2=O)cc1. The van der Waals surface area contributed by atoms with Crippen LogP contribution >= 0.6 is 0 Å². The highest BCUT2D eigenvalue weighted by Gasteiger charge is 2.16. The lowest BCUT2D eigenvalue weighted by Gasteiger charge is -2.10. The third-order valence-electron chi connectivity index (χ3n) is 4.49. The average molecular weight is 402 g/mol. The van der Waals surface area contributed by atoms with Gasteiger partial charge in [0.25, 0.3) is 0 Å². The fourth-order valence-corrected chi connectivity index (χ4v) is 2.95. The van der Waals surface area contributed by atoms with E-state index < -0.39 is 5.97 Å². The zero-order chi connectivity index (χ0) is 21.1. The molecule has 0 bridgehead atoms. The summed E-state index contributed by atoms with van der Waals surface area (Å²) in [6.45, 7) is 1.64. The highest BCUT2D eigenvalue weighted by molar-refractivity contribution is 5.91. The number of methoxy groups -OCH3 is 1. The predicted octanol–water partition coefficient (Wildman–Crippen LogP) is 5.12. The topological polar surface area (TPSA) is 75.0 Å². The number of carbonyl (C=O) groups is 1. The third-order valence-corrected chi connectivity index (χ3v) is 4.49. The fraction of sp³-hybridized carbons (Fsp3) is 0.0833. The molecule has 150 valence electrons. The van der Waals surface area contributed by atoms with Crippen molar-refractivity contribution in [1.29, 1.82) is 0 Å². The number of hydrogen-bond acceptors (Lipinski definition) is 6. The predicted molar refractivity (Wildman–Crippen MR) is 112 cm³/mol. The Labute approximate surface area is 172 Å². The van der Waals surface area contributed by atoms with Gasteiger partial charge in [0.1, 0.15) is 28.6 Å². The first-order valence-electron chi connectivity index (χ1n) is 9.22. The summed E-state index contributed by atoms with van der Waals surface area (Å²) < 4.78 is 22.0. The van der Waals surface area contributed by atoms with Gasteiger partial charge in [0, 0.05) is 6.07 Å². The number of aryl methyl sites for hydroxylation is 1. The van der Waals surface area contributed by atoms with Gasteiger partial charge < -0.3 is 18.6 Å². The Kier molecular flexibility index (Phi) is 5.22. The lowest BCUT2D eigenvalue weighted by Crippen LogP contribution is -2.09. The van der Waals surface area contributed by atoms with Crippen molar-refractivity contribution in [3.05, 3.63) is 94.3 Å². The van der Waals surface area contributed by atoms with Crippen LogP contribution < -0.4 is 19.6 Å². The van der Waals surface area contributed by atoms with Crippen LogP contribution in [0.2, 0.25) is 0 Å². The average Bonchev–Trinajstić information content (AvgIpc) is 2.77. The van der Waals surface area contributed by atoms with Gasteiger partial charge in [-0.1, -0.05) is 18.2 Å². The smallest absolute Gasteiger partial charge is 0.343 e. The standard InChI is InChI=1S/C24H18O6/c1-15-23(29-18-10-8-17(27-2)9-11-18)22(25)20-13-12-19(14-21(20)28-15)30-24(26)16-6-4-3-5-7-16/h3-14H,1-2H3. The number of ether oxygens (including phenoxy) is 3. The van der Waals surface area contributed by atoms with Gasteiger partial charge in [-0.2, -0.15) is 0 Å². The van der Waals surface area contributed by atoms with Crippen LogP contribution in [0.25, 0.3) is 11.0 Å². The van der Waals surface area contributed by atoms with Crippen molar-refractivity contribution >= 4 is 16.9 Å². The van der Waals surface area contributed by atoms with Gasteiger partial charge in [0.15, 0.2) is 0 Å². The molecular weight excluding hydrogens is 384 g/mol. The van der Waals surface area contributed by atoms with Crippen LogP contribution in [0.15, 0.2) is 82.0 Å². The molecule has 6 nitrogen and oxygen atoms in total. The Morgan fingerprint density at radius 2 is 1.53 bits per heavy atom. The first-order chi connectivity index (χ1) is 14.5. The number of rotatable bonds is 5. The molecule has 1 heterocycles. The summed E-state index contributed by atoms with van der Waals surface area (Å²) in [5.74, 6) is 1.37. The number of fused-ring (bicyclic) bond motifs is 1. The number of carbonyl (C=O) groups excluding carboxylic acids is 1. The maximum atomic E-state index is 12.9. The number of hydrogen-bond donors (Lipinski definition) is 0. The molecular formula is C24H18O6. The lowest BCUT2D eigenvalue weighted by atomic mass is 10.2. The van der Waals surface area contributed by atoms with Crippen molar-refractivity contribution in [1.82, 2.24) is 0 Å². The molecule has 3 aromatic carbocycles. The van der Waals surface area contributed by atoms with Gasteiger partial charge >= 0.3 is 5.97 Å². The lowest BCUT2D eigenvalue weighted by molar-refractivity contribution is 0.0735. The van der Waals surface area contributed by atoms with Crippen molar-refractivity contribution in [2.75, 3.05) is 7.11 Å². The van der Waals surface area contributed by atoms with Crippen LogP contribution in [-0.4, -0.2) is 13.1 Å². The first-order valence-corrected chi connectivity index (χ1v) is 9.22. The normalized spacial score (nSPS) is 10.6. The second-order valence-electron chi connectivity index (χ2n) is 6.51. The first kappa shape index (κ1) is 19.3. The summed E-state index contributed by atoms with van der Waals surface area (Å²) >= 11 is 0. The van der Waals surface area contributed by atoms with E-state index >= 15 is 0 Å². The van der Waals surface area contributed by atoms with E-state index in [1.165, 1.54) is 6.07 Å². The van der Waals surface area contributed by atoms with Crippen molar-refractivity contribution in [2.24, 2.45) is 0 Å². The summed E-state index contributed by atoms with van der Waals surface area (Å²) in [5.41, 5.74) is 0.418. The second-order valence-corrected chi connectivity index (χ2v) is 6.51. The Balaban J connectivity index is 1.63. The molecule has 6 heteroatoms. The van der Waals surface area contributed by atoms with E-state index in [1.54, 1.807) is 74.7 Å². The Morgan fingerprint density at radius 3 is 2.23 bits per heavy atom. The zero-order valence-electron chi connectivity index (χ0n) is 16.4. The number of benzene rings is 3. The van der Waals surface area contributed by atoms with Crippen LogP contribution in [0.1, 0.15) is 16.1 Å². The number of esters is 1. The van der Waals surface area contributed by atoms with E-state index in [0.717, 1.165) is 0 Å². The monoisotopic (exact) mass is 402 g/mol. The van der Waals surface area contributed by atoms with Crippen molar-refractivity contribution in [2.45, 2.75) is 6.92 Å². The molecule has 4 rings (SSSR count). The van der Waals surface area contributed by atoms with E-state index in [9.17, 15) is 9.59 Å². The molecule has 0 fully saturated rings. The summed E-state index contributed by atoms with van der Waals surface area (Å²) in [4.78, 5) is 25.2. The third kappa shape index (κ3) is 3.89. The quantitative estimate of drug-likeness (QED) is 0.341. The maximum Gasteiger partial charge on any atom is 0.343 e. The summed E-state index contributed by atoms with van der Waals surface area (Å²) in [7, 11) is 1.57. The molecule has 0 aliphatic carbocycles. The molecule has 4 aromatic rings. The van der Waals surface area contributed by atoms with E-state index in [-0.39, 0.29) is 16.9 Å². The van der Waals surface area contributed by atoms with Gasteiger partial charge in [-0.25, -0.2) is 4.79 Å².